The molecule has 48 heavy (non-hydrogen) atoms. The Kier molecular flexibility index (Phi) is 8.36. The number of aliphatic hydroxyl groups is 1. The van der Waals surface area contributed by atoms with Gasteiger partial charge in [0.25, 0.3) is 5.78 Å². The average molecular weight is 678 g/mol. The Morgan fingerprint density at radius 2 is 1.81 bits per heavy atom. The molecular weight excluding hydrogens is 647 g/mol. The fraction of sp³-hybridized carbons (Fsp3) is 0.194. The number of aliphatic hydroxyl groups excluding tert-OH is 1. The zero-order valence-electron chi connectivity index (χ0n) is 26.6. The summed E-state index contributed by atoms with van der Waals surface area (Å²) < 4.78 is 13.8. The number of carbonyl (C=O) groups excluding carboxylic acids is 2. The summed E-state index contributed by atoms with van der Waals surface area (Å²) in [7, 11) is 1.52. The Morgan fingerprint density at radius 1 is 1.00 bits per heavy atom. The molecule has 1 aliphatic heterocycles. The van der Waals surface area contributed by atoms with Crippen LogP contribution in [0.25, 0.3) is 22.2 Å². The van der Waals surface area contributed by atoms with E-state index in [9.17, 15) is 14.7 Å². The molecule has 1 atom stereocenters. The molecule has 0 saturated carbocycles. The number of hydrogen-bond donors (Lipinski definition) is 1. The van der Waals surface area contributed by atoms with Crippen LogP contribution in [0.2, 0.25) is 0 Å². The van der Waals surface area contributed by atoms with Gasteiger partial charge in [0.2, 0.25) is 5.13 Å². The molecule has 1 fully saturated rings. The molecule has 1 unspecified atom stereocenters. The smallest absolute Gasteiger partial charge is 0.301 e. The van der Waals surface area contributed by atoms with Crippen LogP contribution >= 0.6 is 23.1 Å². The number of anilines is 1. The monoisotopic (exact) mass is 677 g/mol. The maximum absolute atomic E-state index is 13.9. The van der Waals surface area contributed by atoms with E-state index in [1.54, 1.807) is 18.2 Å². The minimum absolute atomic E-state index is 0.101. The number of nitrogens with zero attached hydrogens (tertiary/aromatic N) is 5. The first-order chi connectivity index (χ1) is 23.3. The summed E-state index contributed by atoms with van der Waals surface area (Å²) in [6, 6.07) is 22.3. The zero-order valence-corrected chi connectivity index (χ0v) is 28.3. The zero-order chi connectivity index (χ0) is 33.5. The minimum atomic E-state index is -1.04. The quantitative estimate of drug-likeness (QED) is 0.0554. The third-order valence-corrected chi connectivity index (χ3v) is 10.5. The first-order valence-electron chi connectivity index (χ1n) is 15.3. The van der Waals surface area contributed by atoms with Crippen molar-refractivity contribution in [1.82, 2.24) is 19.6 Å². The molecule has 1 N–H and O–H groups in total. The van der Waals surface area contributed by atoms with Gasteiger partial charge in [-0.3, -0.25) is 14.5 Å². The number of methoxy groups -OCH3 is 1. The molecule has 12 heteroatoms. The molecule has 1 saturated heterocycles. The number of benzene rings is 3. The molecule has 3 aromatic carbocycles. The maximum atomic E-state index is 13.9. The van der Waals surface area contributed by atoms with Crippen LogP contribution in [-0.2, 0) is 15.3 Å². The van der Waals surface area contributed by atoms with Crippen molar-refractivity contribution >= 4 is 62.1 Å². The summed E-state index contributed by atoms with van der Waals surface area (Å²) in [6.45, 7) is 6.02. The van der Waals surface area contributed by atoms with Crippen molar-refractivity contribution in [2.24, 2.45) is 0 Å². The summed E-state index contributed by atoms with van der Waals surface area (Å²) in [5.41, 5.74) is 3.95. The van der Waals surface area contributed by atoms with Gasteiger partial charge in [-0.25, -0.2) is 4.98 Å². The van der Waals surface area contributed by atoms with Crippen LogP contribution in [0.15, 0.2) is 88.9 Å². The Bertz CT molecular complexity index is 2250. The van der Waals surface area contributed by atoms with Crippen molar-refractivity contribution in [3.05, 3.63) is 113 Å². The van der Waals surface area contributed by atoms with Crippen LogP contribution in [0.1, 0.15) is 41.0 Å². The number of imidazole rings is 1. The number of amides is 1. The van der Waals surface area contributed by atoms with E-state index in [2.05, 4.69) is 34.5 Å². The van der Waals surface area contributed by atoms with Crippen molar-refractivity contribution in [3.8, 4) is 11.5 Å². The van der Waals surface area contributed by atoms with E-state index >= 15 is 0 Å². The van der Waals surface area contributed by atoms with Gasteiger partial charge in [0.15, 0.2) is 21.6 Å². The minimum Gasteiger partial charge on any atom is -0.505 e. The van der Waals surface area contributed by atoms with E-state index in [0.29, 0.717) is 45.1 Å². The lowest BCUT2D eigenvalue weighted by Gasteiger charge is -2.23. The van der Waals surface area contributed by atoms with E-state index in [0.717, 1.165) is 21.9 Å². The Balaban J connectivity index is 1.32. The third-order valence-electron chi connectivity index (χ3n) is 8.39. The molecule has 0 bridgehead atoms. The van der Waals surface area contributed by atoms with E-state index in [1.165, 1.54) is 35.1 Å². The summed E-state index contributed by atoms with van der Waals surface area (Å²) >= 11 is 2.71. The number of rotatable bonds is 9. The highest BCUT2D eigenvalue weighted by Crippen LogP contribution is 2.46. The molecule has 1 amide bonds. The van der Waals surface area contributed by atoms with E-state index in [1.807, 2.05) is 61.7 Å². The van der Waals surface area contributed by atoms with E-state index in [4.69, 9.17) is 14.5 Å². The molecule has 6 aromatic rings. The lowest BCUT2D eigenvalue weighted by atomic mass is 9.96. The third kappa shape index (κ3) is 5.36. The van der Waals surface area contributed by atoms with Gasteiger partial charge in [-0.1, -0.05) is 77.7 Å². The Morgan fingerprint density at radius 3 is 2.60 bits per heavy atom. The van der Waals surface area contributed by atoms with Crippen molar-refractivity contribution in [2.45, 2.75) is 36.9 Å². The fourth-order valence-electron chi connectivity index (χ4n) is 6.06. The van der Waals surface area contributed by atoms with Gasteiger partial charge in [0.1, 0.15) is 11.3 Å². The highest BCUT2D eigenvalue weighted by Gasteiger charge is 2.49. The standard InChI is InChI=1S/C36H31N5O5S2/c1-5-46-26-16-15-23(18-27(26)45-4)30-28(31(42)29-21(3)40-17-9-10-20(2)33(40)37-29)32(43)34(44)41(30)35-38-39-36(48-35)47-19-24-13-8-12-22-11-6-7-14-25(22)24/h6-18,30,42H,5,19H2,1-4H3. The highest BCUT2D eigenvalue weighted by molar-refractivity contribution is 8.00. The van der Waals surface area contributed by atoms with E-state index < -0.39 is 17.7 Å². The first-order valence-corrected chi connectivity index (χ1v) is 17.1. The fourth-order valence-corrected chi connectivity index (χ4v) is 7.94. The van der Waals surface area contributed by atoms with Gasteiger partial charge in [0.05, 0.1) is 31.0 Å². The average Bonchev–Trinajstić information content (AvgIpc) is 3.78. The number of carbonyl (C=O) groups is 2. The second kappa shape index (κ2) is 12.8. The Labute approximate surface area is 284 Å². The summed E-state index contributed by atoms with van der Waals surface area (Å²) in [6.07, 6.45) is 1.84. The number of hydrogen-bond acceptors (Lipinski definition) is 10. The van der Waals surface area contributed by atoms with Crippen LogP contribution in [0.3, 0.4) is 0 Å². The number of pyridine rings is 1. The summed E-state index contributed by atoms with van der Waals surface area (Å²) in [5.74, 6) is -0.476. The predicted octanol–water partition coefficient (Wildman–Crippen LogP) is 7.28. The molecule has 4 heterocycles. The number of aryl methyl sites for hydroxylation is 2. The lowest BCUT2D eigenvalue weighted by molar-refractivity contribution is -0.132. The SMILES string of the molecule is CCOc1ccc(C2C(=C(O)c3nc4c(C)cccn4c3C)C(=O)C(=O)N2c2nnc(SCc3cccc4ccccc34)s2)cc1OC. The number of ketones is 1. The Hall–Kier alpha value is -5.20. The van der Waals surface area contributed by atoms with Gasteiger partial charge >= 0.3 is 5.91 Å². The molecule has 10 nitrogen and oxygen atoms in total. The molecule has 0 aliphatic carbocycles. The van der Waals surface area contributed by atoms with Gasteiger partial charge in [-0.05, 0) is 66.4 Å². The molecule has 0 spiro atoms. The highest BCUT2D eigenvalue weighted by atomic mass is 32.2. The predicted molar refractivity (Wildman–Crippen MR) is 187 cm³/mol. The largest absolute Gasteiger partial charge is 0.505 e. The maximum Gasteiger partial charge on any atom is 0.301 e. The molecule has 3 aromatic heterocycles. The van der Waals surface area contributed by atoms with Crippen LogP contribution in [0, 0.1) is 13.8 Å². The number of aromatic nitrogens is 4. The lowest BCUT2D eigenvalue weighted by Crippen LogP contribution is -2.29. The molecular formula is C36H31N5O5S2. The normalized spacial score (nSPS) is 15.9. The number of thioether (sulfide) groups is 1. The second-order valence-corrected chi connectivity index (χ2v) is 13.4. The van der Waals surface area contributed by atoms with Gasteiger partial charge in [0, 0.05) is 11.9 Å². The summed E-state index contributed by atoms with van der Waals surface area (Å²) in [5, 5.41) is 23.2. The van der Waals surface area contributed by atoms with E-state index in [-0.39, 0.29) is 22.2 Å². The number of ether oxygens (including phenoxy) is 2. The van der Waals surface area contributed by atoms with Crippen LogP contribution in [0.4, 0.5) is 5.13 Å². The molecule has 1 aliphatic rings. The molecule has 0 radical (unpaired) electrons. The number of fused-ring (bicyclic) bond motifs is 2. The van der Waals surface area contributed by atoms with Crippen LogP contribution < -0.4 is 14.4 Å². The van der Waals surface area contributed by atoms with Gasteiger partial charge in [-0.15, -0.1) is 10.2 Å². The topological polar surface area (TPSA) is 119 Å². The van der Waals surface area contributed by atoms with Crippen molar-refractivity contribution in [3.63, 3.8) is 0 Å². The van der Waals surface area contributed by atoms with Gasteiger partial charge < -0.3 is 19.0 Å². The number of Topliss-reactive ketones (excluding diaryl/α,β-unsaturated/α-hetero) is 1. The molecule has 242 valence electrons. The second-order valence-electron chi connectivity index (χ2n) is 11.2. The summed E-state index contributed by atoms with van der Waals surface area (Å²) in [4.78, 5) is 33.8. The first kappa shape index (κ1) is 31.4. The van der Waals surface area contributed by atoms with Crippen LogP contribution in [-0.4, -0.2) is 50.1 Å². The van der Waals surface area contributed by atoms with Crippen LogP contribution in [0.5, 0.6) is 11.5 Å². The van der Waals surface area contributed by atoms with Crippen molar-refractivity contribution in [2.75, 3.05) is 18.6 Å². The van der Waals surface area contributed by atoms with Crippen molar-refractivity contribution < 1.29 is 24.2 Å². The van der Waals surface area contributed by atoms with Gasteiger partial charge in [-0.2, -0.15) is 0 Å². The van der Waals surface area contributed by atoms with Crippen molar-refractivity contribution in [1.29, 1.82) is 0 Å². The molecule has 7 rings (SSSR count).